The van der Waals surface area contributed by atoms with Gasteiger partial charge in [-0.15, -0.1) is 5.73 Å². The highest BCUT2D eigenvalue weighted by atomic mass is 16.7. The summed E-state index contributed by atoms with van der Waals surface area (Å²) in [6.45, 7) is 8.29. The van der Waals surface area contributed by atoms with Gasteiger partial charge in [0.2, 0.25) is 0 Å². The minimum Gasteiger partial charge on any atom is -0.399 e. The molecule has 2 rings (SSSR count). The summed E-state index contributed by atoms with van der Waals surface area (Å²) in [4.78, 5) is 0. The van der Waals surface area contributed by atoms with E-state index in [0.717, 1.165) is 0 Å². The minimum absolute atomic E-state index is 0.238. The maximum Gasteiger partial charge on any atom is 0.495 e. The summed E-state index contributed by atoms with van der Waals surface area (Å²) in [5, 5.41) is 0. The highest BCUT2D eigenvalue weighted by Crippen LogP contribution is 2.36. The fraction of sp³-hybridized carbons (Fsp3) is 0.769. The quantitative estimate of drug-likeness (QED) is 0.498. The average molecular weight is 220 g/mol. The fourth-order valence-corrected chi connectivity index (χ4v) is 2.09. The standard InChI is InChI=1S/C13H21BO2/c1-12(2)13(3,4)16-14(15-12)10-9-11-7-5-6-8-11/h10H,5-8H2,1-4H3. The van der Waals surface area contributed by atoms with E-state index >= 15 is 0 Å². The molecule has 0 aromatic heterocycles. The van der Waals surface area contributed by atoms with Crippen LogP contribution in [0.4, 0.5) is 0 Å². The molecule has 0 N–H and O–H groups in total. The molecular weight excluding hydrogens is 199 g/mol. The highest BCUT2D eigenvalue weighted by molar-refractivity contribution is 6.51. The van der Waals surface area contributed by atoms with Gasteiger partial charge in [0.1, 0.15) is 0 Å². The summed E-state index contributed by atoms with van der Waals surface area (Å²) in [5.41, 5.74) is 4.27. The zero-order valence-electron chi connectivity index (χ0n) is 10.8. The van der Waals surface area contributed by atoms with Gasteiger partial charge in [-0.2, -0.15) is 0 Å². The van der Waals surface area contributed by atoms with Gasteiger partial charge in [-0.25, -0.2) is 0 Å². The Hall–Kier alpha value is -0.495. The van der Waals surface area contributed by atoms with Crippen molar-refractivity contribution in [3.63, 3.8) is 0 Å². The lowest BCUT2D eigenvalue weighted by atomic mass is 9.90. The first-order valence-electron chi connectivity index (χ1n) is 6.21. The Balaban J connectivity index is 2.07. The second-order valence-electron chi connectivity index (χ2n) is 5.75. The Kier molecular flexibility index (Phi) is 3.04. The van der Waals surface area contributed by atoms with Crippen molar-refractivity contribution in [3.05, 3.63) is 17.3 Å². The van der Waals surface area contributed by atoms with Crippen LogP contribution in [-0.2, 0) is 9.31 Å². The van der Waals surface area contributed by atoms with Crippen LogP contribution in [0.2, 0.25) is 0 Å². The molecule has 3 heteroatoms. The van der Waals surface area contributed by atoms with Crippen molar-refractivity contribution in [3.8, 4) is 0 Å². The maximum atomic E-state index is 5.87. The highest BCUT2D eigenvalue weighted by Gasteiger charge is 2.50. The number of allylic oxidation sites excluding steroid dienone is 1. The van der Waals surface area contributed by atoms with Gasteiger partial charge in [0.25, 0.3) is 0 Å². The van der Waals surface area contributed by atoms with Crippen molar-refractivity contribution in [2.75, 3.05) is 0 Å². The van der Waals surface area contributed by atoms with Crippen LogP contribution in [0.15, 0.2) is 17.3 Å². The third-order valence-corrected chi connectivity index (χ3v) is 3.90. The molecule has 1 aliphatic carbocycles. The molecular formula is C13H21BO2. The Morgan fingerprint density at radius 2 is 1.56 bits per heavy atom. The van der Waals surface area contributed by atoms with Crippen molar-refractivity contribution in [2.24, 2.45) is 0 Å². The van der Waals surface area contributed by atoms with Crippen LogP contribution in [0.5, 0.6) is 0 Å². The molecule has 16 heavy (non-hydrogen) atoms. The molecule has 1 aliphatic heterocycles. The van der Waals surface area contributed by atoms with Gasteiger partial charge in [0, 0.05) is 0 Å². The van der Waals surface area contributed by atoms with Crippen LogP contribution in [0, 0.1) is 0 Å². The number of hydrogen-bond donors (Lipinski definition) is 0. The van der Waals surface area contributed by atoms with Crippen LogP contribution >= 0.6 is 0 Å². The summed E-state index contributed by atoms with van der Waals surface area (Å²) >= 11 is 0. The van der Waals surface area contributed by atoms with Gasteiger partial charge < -0.3 is 9.31 Å². The van der Waals surface area contributed by atoms with Crippen molar-refractivity contribution < 1.29 is 9.31 Å². The van der Waals surface area contributed by atoms with Crippen molar-refractivity contribution >= 4 is 7.12 Å². The molecule has 0 spiro atoms. The molecule has 0 amide bonds. The van der Waals surface area contributed by atoms with E-state index in [1.807, 2.05) is 5.98 Å². The molecule has 0 aromatic rings. The van der Waals surface area contributed by atoms with Crippen LogP contribution in [0.1, 0.15) is 53.4 Å². The molecule has 1 heterocycles. The van der Waals surface area contributed by atoms with E-state index in [2.05, 4.69) is 33.4 Å². The Labute approximate surface area is 98.8 Å². The van der Waals surface area contributed by atoms with E-state index in [-0.39, 0.29) is 18.3 Å². The van der Waals surface area contributed by atoms with Gasteiger partial charge >= 0.3 is 7.12 Å². The normalized spacial score (nSPS) is 27.0. The SMILES string of the molecule is CC1(C)OB(C=C=C2CCCC2)OC1(C)C. The molecule has 88 valence electrons. The Morgan fingerprint density at radius 3 is 2.06 bits per heavy atom. The summed E-state index contributed by atoms with van der Waals surface area (Å²) < 4.78 is 11.7. The number of rotatable bonds is 1. The monoisotopic (exact) mass is 220 g/mol. The predicted octanol–water partition coefficient (Wildman–Crippen LogP) is 3.27. The van der Waals surface area contributed by atoms with Gasteiger partial charge in [-0.1, -0.05) is 0 Å². The van der Waals surface area contributed by atoms with Gasteiger partial charge in [0.15, 0.2) is 0 Å². The topological polar surface area (TPSA) is 18.5 Å². The van der Waals surface area contributed by atoms with Crippen LogP contribution in [0.25, 0.3) is 0 Å². The van der Waals surface area contributed by atoms with Crippen LogP contribution in [-0.4, -0.2) is 18.3 Å². The third kappa shape index (κ3) is 2.27. The summed E-state index contributed by atoms with van der Waals surface area (Å²) in [6.07, 6.45) is 4.99. The van der Waals surface area contributed by atoms with Crippen LogP contribution in [0.3, 0.4) is 0 Å². The van der Waals surface area contributed by atoms with Crippen molar-refractivity contribution in [2.45, 2.75) is 64.6 Å². The lowest BCUT2D eigenvalue weighted by Crippen LogP contribution is -2.41. The van der Waals surface area contributed by atoms with Gasteiger partial charge in [0.05, 0.1) is 11.2 Å². The molecule has 0 aromatic carbocycles. The molecule has 0 unspecified atom stereocenters. The van der Waals surface area contributed by atoms with Gasteiger partial charge in [-0.05, 0) is 64.9 Å². The van der Waals surface area contributed by atoms with E-state index < -0.39 is 0 Å². The van der Waals surface area contributed by atoms with E-state index in [4.69, 9.17) is 9.31 Å². The first kappa shape index (κ1) is 12.0. The largest absolute Gasteiger partial charge is 0.495 e. The summed E-state index contributed by atoms with van der Waals surface area (Å²) in [7, 11) is -0.238. The van der Waals surface area contributed by atoms with Crippen molar-refractivity contribution in [1.29, 1.82) is 0 Å². The van der Waals surface area contributed by atoms with E-state index in [1.54, 1.807) is 0 Å². The van der Waals surface area contributed by atoms with Gasteiger partial charge in [-0.3, -0.25) is 0 Å². The third-order valence-electron chi connectivity index (χ3n) is 3.90. The zero-order chi connectivity index (χ0) is 11.8. The molecule has 0 bridgehead atoms. The minimum atomic E-state index is -0.240. The van der Waals surface area contributed by atoms with E-state index in [1.165, 1.54) is 31.3 Å². The summed E-state index contributed by atoms with van der Waals surface area (Å²) in [6, 6.07) is 0. The number of hydrogen-bond acceptors (Lipinski definition) is 2. The molecule has 0 atom stereocenters. The molecule has 1 saturated carbocycles. The first-order chi connectivity index (χ1) is 7.41. The predicted molar refractivity (Wildman–Crippen MR) is 66.1 cm³/mol. The average Bonchev–Trinajstić information content (AvgIpc) is 2.70. The second-order valence-corrected chi connectivity index (χ2v) is 5.75. The fourth-order valence-electron chi connectivity index (χ4n) is 2.09. The molecule has 0 radical (unpaired) electrons. The molecule has 2 fully saturated rings. The Morgan fingerprint density at radius 1 is 1.06 bits per heavy atom. The first-order valence-corrected chi connectivity index (χ1v) is 6.21. The lowest BCUT2D eigenvalue weighted by molar-refractivity contribution is 0.00578. The molecule has 2 aliphatic rings. The van der Waals surface area contributed by atoms with E-state index in [0.29, 0.717) is 0 Å². The summed E-state index contributed by atoms with van der Waals surface area (Å²) in [5.74, 6) is 1.94. The zero-order valence-corrected chi connectivity index (χ0v) is 10.8. The molecule has 2 nitrogen and oxygen atoms in total. The lowest BCUT2D eigenvalue weighted by Gasteiger charge is -2.32. The van der Waals surface area contributed by atoms with Crippen molar-refractivity contribution in [1.82, 2.24) is 0 Å². The maximum absolute atomic E-state index is 5.87. The van der Waals surface area contributed by atoms with E-state index in [9.17, 15) is 0 Å². The second kappa shape index (κ2) is 4.07. The Bertz CT molecular complexity index is 314. The smallest absolute Gasteiger partial charge is 0.399 e. The van der Waals surface area contributed by atoms with Crippen LogP contribution < -0.4 is 0 Å². The molecule has 1 saturated heterocycles.